The van der Waals surface area contributed by atoms with Crippen LogP contribution < -0.4 is 11.1 Å². The number of hydrogen-bond acceptors (Lipinski definition) is 3. The molecule has 88 valence electrons. The SMILES string of the molecule is Nc1cc(NC(=O)c2ccoc2)c(F)cc1F. The lowest BCUT2D eigenvalue weighted by atomic mass is 10.2. The Balaban J connectivity index is 2.25. The van der Waals surface area contributed by atoms with E-state index in [9.17, 15) is 13.6 Å². The molecule has 0 aliphatic rings. The summed E-state index contributed by atoms with van der Waals surface area (Å²) in [5.74, 6) is -2.33. The Kier molecular flexibility index (Phi) is 2.78. The molecule has 1 amide bonds. The molecule has 3 N–H and O–H groups in total. The highest BCUT2D eigenvalue weighted by Crippen LogP contribution is 2.21. The predicted octanol–water partition coefficient (Wildman–Crippen LogP) is 2.39. The topological polar surface area (TPSA) is 68.3 Å². The summed E-state index contributed by atoms with van der Waals surface area (Å²) < 4.78 is 30.9. The number of amides is 1. The van der Waals surface area contributed by atoms with Gasteiger partial charge < -0.3 is 15.5 Å². The summed E-state index contributed by atoms with van der Waals surface area (Å²) in [6.07, 6.45) is 2.52. The van der Waals surface area contributed by atoms with Gasteiger partial charge in [-0.3, -0.25) is 4.79 Å². The predicted molar refractivity (Wildman–Crippen MR) is 57.4 cm³/mol. The zero-order chi connectivity index (χ0) is 12.4. The Morgan fingerprint density at radius 1 is 1.29 bits per heavy atom. The lowest BCUT2D eigenvalue weighted by Gasteiger charge is -2.06. The van der Waals surface area contributed by atoms with Crippen molar-refractivity contribution in [1.82, 2.24) is 0 Å². The number of hydrogen-bond donors (Lipinski definition) is 2. The Morgan fingerprint density at radius 3 is 2.71 bits per heavy atom. The summed E-state index contributed by atoms with van der Waals surface area (Å²) >= 11 is 0. The van der Waals surface area contributed by atoms with Gasteiger partial charge in [-0.25, -0.2) is 8.78 Å². The number of nitrogen functional groups attached to an aromatic ring is 1. The molecular formula is C11H8F2N2O2. The number of nitrogens with one attached hydrogen (secondary N) is 1. The van der Waals surface area contributed by atoms with E-state index in [1.54, 1.807) is 0 Å². The molecule has 1 aromatic carbocycles. The Bertz CT molecular complexity index is 553. The van der Waals surface area contributed by atoms with Crippen LogP contribution in [0.15, 0.2) is 35.1 Å². The molecule has 1 aromatic heterocycles. The normalized spacial score (nSPS) is 10.2. The maximum atomic E-state index is 13.3. The molecule has 0 aliphatic heterocycles. The van der Waals surface area contributed by atoms with Crippen molar-refractivity contribution in [2.24, 2.45) is 0 Å². The first-order valence-corrected chi connectivity index (χ1v) is 4.66. The maximum absolute atomic E-state index is 13.3. The van der Waals surface area contributed by atoms with Crippen molar-refractivity contribution in [1.29, 1.82) is 0 Å². The van der Waals surface area contributed by atoms with Gasteiger partial charge in [0.2, 0.25) is 0 Å². The molecule has 2 rings (SSSR count). The summed E-state index contributed by atoms with van der Waals surface area (Å²) in [7, 11) is 0. The van der Waals surface area contributed by atoms with E-state index in [-0.39, 0.29) is 16.9 Å². The van der Waals surface area contributed by atoms with Crippen LogP contribution in [0.5, 0.6) is 0 Å². The molecule has 0 bridgehead atoms. The average molecular weight is 238 g/mol. The molecule has 2 aromatic rings. The summed E-state index contributed by atoms with van der Waals surface area (Å²) in [5.41, 5.74) is 5.07. The number of nitrogens with two attached hydrogens (primary N) is 1. The molecule has 0 atom stereocenters. The van der Waals surface area contributed by atoms with Crippen LogP contribution in [0.25, 0.3) is 0 Å². The van der Waals surface area contributed by atoms with E-state index < -0.39 is 17.5 Å². The number of benzene rings is 1. The van der Waals surface area contributed by atoms with Gasteiger partial charge in [0.25, 0.3) is 5.91 Å². The van der Waals surface area contributed by atoms with Crippen molar-refractivity contribution >= 4 is 17.3 Å². The first-order chi connectivity index (χ1) is 8.08. The van der Waals surface area contributed by atoms with Crippen LogP contribution in [-0.4, -0.2) is 5.91 Å². The smallest absolute Gasteiger partial charge is 0.258 e. The molecule has 1 heterocycles. The lowest BCUT2D eigenvalue weighted by Crippen LogP contribution is -2.12. The van der Waals surface area contributed by atoms with Crippen molar-refractivity contribution < 1.29 is 18.0 Å². The lowest BCUT2D eigenvalue weighted by molar-refractivity contribution is 0.102. The standard InChI is InChI=1S/C11H8F2N2O2/c12-7-3-8(13)10(4-9(7)14)15-11(16)6-1-2-17-5-6/h1-5H,14H2,(H,15,16). The first kappa shape index (κ1) is 11.1. The highest BCUT2D eigenvalue weighted by molar-refractivity contribution is 6.04. The molecule has 0 unspecified atom stereocenters. The van der Waals surface area contributed by atoms with E-state index in [0.717, 1.165) is 6.07 Å². The number of carbonyl (C=O) groups is 1. The second kappa shape index (κ2) is 4.25. The van der Waals surface area contributed by atoms with E-state index >= 15 is 0 Å². The second-order valence-electron chi connectivity index (χ2n) is 3.32. The van der Waals surface area contributed by atoms with E-state index in [4.69, 9.17) is 10.2 Å². The average Bonchev–Trinajstić information content (AvgIpc) is 2.79. The van der Waals surface area contributed by atoms with E-state index in [2.05, 4.69) is 5.32 Å². The number of anilines is 2. The molecule has 0 spiro atoms. The van der Waals surface area contributed by atoms with Gasteiger partial charge in [0.1, 0.15) is 17.9 Å². The van der Waals surface area contributed by atoms with Gasteiger partial charge in [-0.2, -0.15) is 0 Å². The van der Waals surface area contributed by atoms with Gasteiger partial charge in [0, 0.05) is 6.07 Å². The van der Waals surface area contributed by atoms with Crippen molar-refractivity contribution in [3.8, 4) is 0 Å². The highest BCUT2D eigenvalue weighted by atomic mass is 19.1. The van der Waals surface area contributed by atoms with Crippen molar-refractivity contribution in [2.45, 2.75) is 0 Å². The van der Waals surface area contributed by atoms with E-state index in [1.165, 1.54) is 18.6 Å². The summed E-state index contributed by atoms with van der Waals surface area (Å²) in [5, 5.41) is 2.26. The zero-order valence-electron chi connectivity index (χ0n) is 8.54. The van der Waals surface area contributed by atoms with Gasteiger partial charge in [0.15, 0.2) is 0 Å². The van der Waals surface area contributed by atoms with Gasteiger partial charge in [-0.05, 0) is 12.1 Å². The number of halogens is 2. The maximum Gasteiger partial charge on any atom is 0.258 e. The molecule has 4 nitrogen and oxygen atoms in total. The zero-order valence-corrected chi connectivity index (χ0v) is 8.54. The molecule has 0 saturated heterocycles. The van der Waals surface area contributed by atoms with Crippen LogP contribution in [0.4, 0.5) is 20.2 Å². The van der Waals surface area contributed by atoms with Crippen molar-refractivity contribution in [3.05, 3.63) is 47.9 Å². The minimum Gasteiger partial charge on any atom is -0.472 e. The molecular weight excluding hydrogens is 230 g/mol. The quantitative estimate of drug-likeness (QED) is 0.789. The van der Waals surface area contributed by atoms with Crippen LogP contribution in [0.2, 0.25) is 0 Å². The first-order valence-electron chi connectivity index (χ1n) is 4.66. The monoisotopic (exact) mass is 238 g/mol. The van der Waals surface area contributed by atoms with Crippen LogP contribution in [0.1, 0.15) is 10.4 Å². The Morgan fingerprint density at radius 2 is 2.06 bits per heavy atom. The van der Waals surface area contributed by atoms with Crippen LogP contribution in [-0.2, 0) is 0 Å². The van der Waals surface area contributed by atoms with Crippen LogP contribution in [0, 0.1) is 11.6 Å². The second-order valence-corrected chi connectivity index (χ2v) is 3.32. The number of furan rings is 1. The molecule has 17 heavy (non-hydrogen) atoms. The summed E-state index contributed by atoms with van der Waals surface area (Å²) in [4.78, 5) is 11.6. The van der Waals surface area contributed by atoms with Crippen LogP contribution in [0.3, 0.4) is 0 Å². The fourth-order valence-corrected chi connectivity index (χ4v) is 1.25. The van der Waals surface area contributed by atoms with Gasteiger partial charge in [-0.1, -0.05) is 0 Å². The minimum absolute atomic E-state index is 0.185. The number of carbonyl (C=O) groups excluding carboxylic acids is 1. The van der Waals surface area contributed by atoms with Crippen LogP contribution >= 0.6 is 0 Å². The third-order valence-electron chi connectivity index (χ3n) is 2.12. The molecule has 0 radical (unpaired) electrons. The molecule has 0 aliphatic carbocycles. The largest absolute Gasteiger partial charge is 0.472 e. The molecule has 6 heteroatoms. The fraction of sp³-hybridized carbons (Fsp3) is 0. The van der Waals surface area contributed by atoms with E-state index in [1.807, 2.05) is 0 Å². The van der Waals surface area contributed by atoms with Gasteiger partial charge in [-0.15, -0.1) is 0 Å². The molecule has 0 saturated carbocycles. The van der Waals surface area contributed by atoms with E-state index in [0.29, 0.717) is 6.07 Å². The third-order valence-corrected chi connectivity index (χ3v) is 2.12. The highest BCUT2D eigenvalue weighted by Gasteiger charge is 2.12. The van der Waals surface area contributed by atoms with Crippen molar-refractivity contribution in [3.63, 3.8) is 0 Å². The number of rotatable bonds is 2. The fourth-order valence-electron chi connectivity index (χ4n) is 1.25. The summed E-state index contributed by atoms with van der Waals surface area (Å²) in [6, 6.07) is 3.04. The minimum atomic E-state index is -0.895. The Hall–Kier alpha value is -2.37. The third kappa shape index (κ3) is 2.25. The van der Waals surface area contributed by atoms with Crippen molar-refractivity contribution in [2.75, 3.05) is 11.1 Å². The van der Waals surface area contributed by atoms with Gasteiger partial charge in [0.05, 0.1) is 23.2 Å². The molecule has 0 fully saturated rings. The Labute approximate surface area is 95.0 Å². The van der Waals surface area contributed by atoms with Gasteiger partial charge >= 0.3 is 0 Å². The summed E-state index contributed by atoms with van der Waals surface area (Å²) in [6.45, 7) is 0.